The highest BCUT2D eigenvalue weighted by Gasteiger charge is 2.42. The summed E-state index contributed by atoms with van der Waals surface area (Å²) in [7, 11) is 0. The van der Waals surface area contributed by atoms with Gasteiger partial charge in [0.2, 0.25) is 5.82 Å². The molecule has 1 aromatic heterocycles. The summed E-state index contributed by atoms with van der Waals surface area (Å²) < 4.78 is 6.21. The number of nitro groups is 1. The number of aromatic nitrogens is 1. The first kappa shape index (κ1) is 17.0. The van der Waals surface area contributed by atoms with Gasteiger partial charge in [-0.15, -0.1) is 0 Å². The van der Waals surface area contributed by atoms with E-state index in [0.717, 1.165) is 25.7 Å². The standard InChI is InChI=1S/C20H23N3O3/c1-14-8-11-21-19(18(14)23(24)25)22-12-15-6-9-20(10-7-15)17-5-3-2-4-16(17)13-26-20/h2-5,8,11,15H,6-7,9-10,12-13H2,1H3,(H,21,22). The number of fused-ring (bicyclic) bond motifs is 2. The van der Waals surface area contributed by atoms with Gasteiger partial charge < -0.3 is 10.1 Å². The van der Waals surface area contributed by atoms with Gasteiger partial charge in [-0.05, 0) is 55.7 Å². The summed E-state index contributed by atoms with van der Waals surface area (Å²) in [5.74, 6) is 0.844. The second kappa shape index (κ2) is 6.68. The molecule has 2 heterocycles. The number of aryl methyl sites for hydroxylation is 1. The van der Waals surface area contributed by atoms with Crippen molar-refractivity contribution < 1.29 is 9.66 Å². The molecular weight excluding hydrogens is 330 g/mol. The van der Waals surface area contributed by atoms with E-state index in [1.807, 2.05) is 0 Å². The van der Waals surface area contributed by atoms with Crippen molar-refractivity contribution >= 4 is 11.5 Å². The van der Waals surface area contributed by atoms with Crippen LogP contribution in [0.15, 0.2) is 36.5 Å². The Bertz CT molecular complexity index is 829. The molecular formula is C20H23N3O3. The van der Waals surface area contributed by atoms with Gasteiger partial charge in [-0.2, -0.15) is 0 Å². The summed E-state index contributed by atoms with van der Waals surface area (Å²) in [5, 5.41) is 14.5. The summed E-state index contributed by atoms with van der Waals surface area (Å²) in [4.78, 5) is 15.1. The van der Waals surface area contributed by atoms with E-state index in [9.17, 15) is 10.1 Å². The lowest BCUT2D eigenvalue weighted by atomic mass is 9.75. The van der Waals surface area contributed by atoms with Crippen LogP contribution in [-0.2, 0) is 16.9 Å². The van der Waals surface area contributed by atoms with E-state index in [4.69, 9.17) is 4.74 Å². The smallest absolute Gasteiger partial charge is 0.314 e. The zero-order valence-electron chi connectivity index (χ0n) is 14.9. The molecule has 2 aromatic rings. The Balaban J connectivity index is 1.40. The molecule has 1 aliphatic heterocycles. The Morgan fingerprint density at radius 2 is 2.08 bits per heavy atom. The van der Waals surface area contributed by atoms with Gasteiger partial charge in [0, 0.05) is 18.3 Å². The van der Waals surface area contributed by atoms with Crippen LogP contribution >= 0.6 is 0 Å². The molecule has 0 atom stereocenters. The maximum Gasteiger partial charge on any atom is 0.314 e. The molecule has 136 valence electrons. The molecule has 0 saturated heterocycles. The molecule has 0 amide bonds. The SMILES string of the molecule is Cc1ccnc(NCC2CCC3(CC2)OCc2ccccc23)c1[N+](=O)[O-]. The minimum Gasteiger partial charge on any atom is -0.366 e. The number of pyridine rings is 1. The summed E-state index contributed by atoms with van der Waals surface area (Å²) in [5.41, 5.74) is 3.24. The first-order valence-corrected chi connectivity index (χ1v) is 9.15. The molecule has 0 bridgehead atoms. The fourth-order valence-corrected chi connectivity index (χ4v) is 4.30. The van der Waals surface area contributed by atoms with Gasteiger partial charge in [0.1, 0.15) is 0 Å². The molecule has 1 N–H and O–H groups in total. The van der Waals surface area contributed by atoms with Crippen LogP contribution in [0.25, 0.3) is 0 Å². The molecule has 6 heteroatoms. The molecule has 1 saturated carbocycles. The molecule has 1 spiro atoms. The van der Waals surface area contributed by atoms with E-state index < -0.39 is 0 Å². The minimum atomic E-state index is -0.357. The van der Waals surface area contributed by atoms with Crippen LogP contribution in [0.3, 0.4) is 0 Å². The molecule has 1 fully saturated rings. The summed E-state index contributed by atoms with van der Waals surface area (Å²) >= 11 is 0. The Morgan fingerprint density at radius 3 is 2.85 bits per heavy atom. The van der Waals surface area contributed by atoms with Crippen LogP contribution in [0.5, 0.6) is 0 Å². The van der Waals surface area contributed by atoms with Crippen LogP contribution in [0.1, 0.15) is 42.4 Å². The predicted octanol–water partition coefficient (Wildman–Crippen LogP) is 4.33. The number of benzene rings is 1. The second-order valence-corrected chi connectivity index (χ2v) is 7.35. The molecule has 0 unspecified atom stereocenters. The maximum atomic E-state index is 11.3. The zero-order chi connectivity index (χ0) is 18.1. The third-order valence-electron chi connectivity index (χ3n) is 5.79. The van der Waals surface area contributed by atoms with E-state index in [2.05, 4.69) is 34.6 Å². The fraction of sp³-hybridized carbons (Fsp3) is 0.450. The number of nitrogens with one attached hydrogen (secondary N) is 1. The monoisotopic (exact) mass is 353 g/mol. The fourth-order valence-electron chi connectivity index (χ4n) is 4.30. The Labute approximate surface area is 152 Å². The number of anilines is 1. The maximum absolute atomic E-state index is 11.3. The molecule has 2 aliphatic rings. The average Bonchev–Trinajstić information content (AvgIpc) is 3.00. The van der Waals surface area contributed by atoms with Gasteiger partial charge in [-0.3, -0.25) is 10.1 Å². The van der Waals surface area contributed by atoms with Crippen LogP contribution in [0.2, 0.25) is 0 Å². The van der Waals surface area contributed by atoms with Gasteiger partial charge in [0.05, 0.1) is 17.1 Å². The molecule has 26 heavy (non-hydrogen) atoms. The van der Waals surface area contributed by atoms with Crippen LogP contribution in [0.4, 0.5) is 11.5 Å². The van der Waals surface area contributed by atoms with Crippen LogP contribution in [0, 0.1) is 23.0 Å². The van der Waals surface area contributed by atoms with E-state index in [-0.39, 0.29) is 16.2 Å². The molecule has 0 radical (unpaired) electrons. The zero-order valence-corrected chi connectivity index (χ0v) is 14.9. The van der Waals surface area contributed by atoms with Crippen LogP contribution in [-0.4, -0.2) is 16.5 Å². The largest absolute Gasteiger partial charge is 0.366 e. The van der Waals surface area contributed by atoms with Gasteiger partial charge in [-0.1, -0.05) is 24.3 Å². The molecule has 1 aromatic carbocycles. The molecule has 6 nitrogen and oxygen atoms in total. The van der Waals surface area contributed by atoms with Crippen molar-refractivity contribution in [1.82, 2.24) is 4.98 Å². The normalized spacial score (nSPS) is 24.4. The first-order valence-electron chi connectivity index (χ1n) is 9.15. The first-order chi connectivity index (χ1) is 12.6. The van der Waals surface area contributed by atoms with Crippen molar-refractivity contribution in [2.45, 2.75) is 44.8 Å². The van der Waals surface area contributed by atoms with Crippen molar-refractivity contribution in [3.63, 3.8) is 0 Å². The van der Waals surface area contributed by atoms with Crippen molar-refractivity contribution in [3.05, 3.63) is 63.3 Å². The van der Waals surface area contributed by atoms with Gasteiger partial charge >= 0.3 is 5.69 Å². The van der Waals surface area contributed by atoms with Gasteiger partial charge in [0.25, 0.3) is 0 Å². The van der Waals surface area contributed by atoms with E-state index in [0.29, 0.717) is 30.5 Å². The van der Waals surface area contributed by atoms with Crippen molar-refractivity contribution in [2.24, 2.45) is 5.92 Å². The lowest BCUT2D eigenvalue weighted by molar-refractivity contribution is -0.384. The van der Waals surface area contributed by atoms with Gasteiger partial charge in [0.15, 0.2) is 0 Å². The number of rotatable bonds is 4. The van der Waals surface area contributed by atoms with E-state index in [1.54, 1.807) is 19.2 Å². The summed E-state index contributed by atoms with van der Waals surface area (Å²) in [6, 6.07) is 10.2. The highest BCUT2D eigenvalue weighted by molar-refractivity contribution is 5.59. The Kier molecular flexibility index (Phi) is 4.36. The van der Waals surface area contributed by atoms with Crippen molar-refractivity contribution in [2.75, 3.05) is 11.9 Å². The summed E-state index contributed by atoms with van der Waals surface area (Å²) in [6.45, 7) is 3.15. The lowest BCUT2D eigenvalue weighted by Gasteiger charge is -2.37. The summed E-state index contributed by atoms with van der Waals surface area (Å²) in [6.07, 6.45) is 5.70. The number of nitrogens with zero attached hydrogens (tertiary/aromatic N) is 2. The second-order valence-electron chi connectivity index (χ2n) is 7.35. The van der Waals surface area contributed by atoms with Crippen molar-refractivity contribution in [3.8, 4) is 0 Å². The Morgan fingerprint density at radius 1 is 1.31 bits per heavy atom. The lowest BCUT2D eigenvalue weighted by Crippen LogP contribution is -2.33. The number of ether oxygens (including phenoxy) is 1. The minimum absolute atomic E-state index is 0.0767. The molecule has 4 rings (SSSR count). The topological polar surface area (TPSA) is 77.3 Å². The Hall–Kier alpha value is -2.47. The van der Waals surface area contributed by atoms with E-state index in [1.165, 1.54) is 11.1 Å². The quantitative estimate of drug-likeness (QED) is 0.654. The number of hydrogen-bond donors (Lipinski definition) is 1. The number of hydrogen-bond acceptors (Lipinski definition) is 5. The average molecular weight is 353 g/mol. The van der Waals surface area contributed by atoms with E-state index >= 15 is 0 Å². The highest BCUT2D eigenvalue weighted by Crippen LogP contribution is 2.48. The predicted molar refractivity (Wildman–Crippen MR) is 99.0 cm³/mol. The molecule has 1 aliphatic carbocycles. The van der Waals surface area contributed by atoms with Crippen molar-refractivity contribution in [1.29, 1.82) is 0 Å². The third kappa shape index (κ3) is 2.94. The third-order valence-corrected chi connectivity index (χ3v) is 5.79. The van der Waals surface area contributed by atoms with Crippen LogP contribution < -0.4 is 5.32 Å². The van der Waals surface area contributed by atoms with Gasteiger partial charge in [-0.25, -0.2) is 4.98 Å². The highest BCUT2D eigenvalue weighted by atomic mass is 16.6.